The van der Waals surface area contributed by atoms with Crippen LogP contribution in [0.5, 0.6) is 0 Å². The summed E-state index contributed by atoms with van der Waals surface area (Å²) in [6, 6.07) is 17.7. The lowest BCUT2D eigenvalue weighted by molar-refractivity contribution is 0.424. The first-order valence-electron chi connectivity index (χ1n) is 9.50. The van der Waals surface area contributed by atoms with Gasteiger partial charge < -0.3 is 11.5 Å². The summed E-state index contributed by atoms with van der Waals surface area (Å²) in [4.78, 5) is 0. The first-order valence-corrected chi connectivity index (χ1v) is 9.94. The minimum absolute atomic E-state index is 0. The van der Waals surface area contributed by atoms with E-state index in [9.17, 15) is 0 Å². The highest BCUT2D eigenvalue weighted by atomic mass is 35.5. The second-order valence-corrected chi connectivity index (χ2v) is 7.25. The first-order chi connectivity index (χ1) is 12.8. The zero-order valence-corrected chi connectivity index (χ0v) is 17.4. The van der Waals surface area contributed by atoms with Gasteiger partial charge in [-0.1, -0.05) is 68.5 Å². The van der Waals surface area contributed by atoms with Crippen molar-refractivity contribution >= 4 is 46.8 Å². The summed E-state index contributed by atoms with van der Waals surface area (Å²) >= 11 is 4.01. The van der Waals surface area contributed by atoms with Gasteiger partial charge in [0.15, 0.2) is 0 Å². The average Bonchev–Trinajstić information content (AvgIpc) is 2.72. The van der Waals surface area contributed by atoms with Crippen molar-refractivity contribution in [3.05, 3.63) is 59.7 Å². The lowest BCUT2D eigenvalue weighted by Crippen LogP contribution is -2.23. The number of nitrogens with one attached hydrogen (secondary N) is 1. The Bertz CT molecular complexity index is 863. The Kier molecular flexibility index (Phi) is 8.87. The van der Waals surface area contributed by atoms with Crippen molar-refractivity contribution in [3.63, 3.8) is 0 Å². The molecule has 0 spiro atoms. The van der Waals surface area contributed by atoms with Crippen LogP contribution in [0.2, 0.25) is 0 Å². The number of halogens is 1. The number of benzene rings is 3. The molecular weight excluding hydrogens is 374 g/mol. The van der Waals surface area contributed by atoms with Crippen molar-refractivity contribution in [2.45, 2.75) is 51.2 Å². The number of nitrogens with two attached hydrogens (primary N) is 2. The molecule has 0 atom stereocenters. The standard InChI is InChI=1S/C16H16N2.C6H13NS.ClH/c17-9-14-6-5-13-7-11-3-1-2-4-12(11)8-15(13)16(14)10-18;8-7-6-4-2-1-3-5-6;/h1-8H,9-10,17-18H2;6-8H,1-5H2;1H. The van der Waals surface area contributed by atoms with E-state index in [0.29, 0.717) is 19.1 Å². The predicted molar refractivity (Wildman–Crippen MR) is 123 cm³/mol. The van der Waals surface area contributed by atoms with Crippen LogP contribution in [0.4, 0.5) is 0 Å². The van der Waals surface area contributed by atoms with Crippen molar-refractivity contribution < 1.29 is 0 Å². The molecule has 1 aliphatic rings. The van der Waals surface area contributed by atoms with Gasteiger partial charge in [-0.25, -0.2) is 0 Å². The second-order valence-electron chi connectivity index (χ2n) is 7.00. The molecule has 0 unspecified atom stereocenters. The third kappa shape index (κ3) is 5.37. The van der Waals surface area contributed by atoms with Crippen LogP contribution in [0, 0.1) is 0 Å². The number of rotatable bonds is 3. The van der Waals surface area contributed by atoms with Crippen molar-refractivity contribution in [2.75, 3.05) is 0 Å². The highest BCUT2D eigenvalue weighted by Crippen LogP contribution is 2.27. The van der Waals surface area contributed by atoms with Gasteiger partial charge in [-0.2, -0.15) is 0 Å². The number of fused-ring (bicyclic) bond motifs is 2. The van der Waals surface area contributed by atoms with Gasteiger partial charge in [0, 0.05) is 19.1 Å². The molecular formula is C22H30ClN3S. The van der Waals surface area contributed by atoms with Gasteiger partial charge >= 0.3 is 0 Å². The summed E-state index contributed by atoms with van der Waals surface area (Å²) in [5, 5.41) is 4.95. The van der Waals surface area contributed by atoms with Crippen molar-refractivity contribution in [2.24, 2.45) is 11.5 Å². The van der Waals surface area contributed by atoms with Crippen LogP contribution in [0.3, 0.4) is 0 Å². The molecule has 0 aromatic heterocycles. The Balaban J connectivity index is 0.000000247. The molecule has 3 nitrogen and oxygen atoms in total. The predicted octanol–water partition coefficient (Wildman–Crippen LogP) is 5.09. The third-order valence-electron chi connectivity index (χ3n) is 5.31. The lowest BCUT2D eigenvalue weighted by atomic mass is 9.96. The maximum Gasteiger partial charge on any atom is 0.0187 e. The summed E-state index contributed by atoms with van der Waals surface area (Å²) in [6.07, 6.45) is 6.84. The van der Waals surface area contributed by atoms with Crippen LogP contribution in [0.15, 0.2) is 48.5 Å². The Hall–Kier alpha value is -1.30. The van der Waals surface area contributed by atoms with Gasteiger partial charge in [-0.15, -0.1) is 12.4 Å². The van der Waals surface area contributed by atoms with Gasteiger partial charge in [0.1, 0.15) is 0 Å². The molecule has 0 saturated heterocycles. The fraction of sp³-hybridized carbons (Fsp3) is 0.364. The maximum atomic E-state index is 5.88. The van der Waals surface area contributed by atoms with Gasteiger partial charge in [0.05, 0.1) is 0 Å². The molecule has 0 bridgehead atoms. The van der Waals surface area contributed by atoms with E-state index in [2.05, 4.69) is 66.1 Å². The fourth-order valence-electron chi connectivity index (χ4n) is 3.79. The van der Waals surface area contributed by atoms with E-state index in [4.69, 9.17) is 11.5 Å². The average molecular weight is 404 g/mol. The SMILES string of the molecule is Cl.NCc1ccc2cc3ccccc3cc2c1CN.SNC1CCCCC1. The molecule has 0 amide bonds. The van der Waals surface area contributed by atoms with Gasteiger partial charge in [0.25, 0.3) is 0 Å². The summed E-state index contributed by atoms with van der Waals surface area (Å²) in [6.45, 7) is 1.07. The zero-order chi connectivity index (χ0) is 18.4. The fourth-order valence-corrected chi connectivity index (χ4v) is 4.04. The minimum atomic E-state index is 0. The van der Waals surface area contributed by atoms with E-state index in [1.54, 1.807) is 0 Å². The first kappa shape index (κ1) is 22.0. The van der Waals surface area contributed by atoms with Gasteiger partial charge in [-0.05, 0) is 57.6 Å². The smallest absolute Gasteiger partial charge is 0.0187 e. The van der Waals surface area contributed by atoms with E-state index in [1.807, 2.05) is 0 Å². The number of hydrogen-bond acceptors (Lipinski definition) is 4. The molecule has 3 aromatic rings. The van der Waals surface area contributed by atoms with Crippen LogP contribution in [-0.2, 0) is 13.1 Å². The molecule has 1 saturated carbocycles. The molecule has 1 fully saturated rings. The quantitative estimate of drug-likeness (QED) is 0.364. The highest BCUT2D eigenvalue weighted by molar-refractivity contribution is 7.78. The minimum Gasteiger partial charge on any atom is -0.326 e. The Morgan fingerprint density at radius 2 is 1.52 bits per heavy atom. The van der Waals surface area contributed by atoms with Crippen LogP contribution >= 0.6 is 25.2 Å². The molecule has 27 heavy (non-hydrogen) atoms. The normalized spacial score (nSPS) is 14.5. The Morgan fingerprint density at radius 3 is 2.07 bits per heavy atom. The molecule has 146 valence electrons. The molecule has 3 aromatic carbocycles. The van der Waals surface area contributed by atoms with Crippen LogP contribution in [0.25, 0.3) is 21.5 Å². The number of hydrogen-bond donors (Lipinski definition) is 4. The molecule has 0 radical (unpaired) electrons. The highest BCUT2D eigenvalue weighted by Gasteiger charge is 2.10. The summed E-state index contributed by atoms with van der Waals surface area (Å²) in [7, 11) is 0. The van der Waals surface area contributed by atoms with Gasteiger partial charge in [-0.3, -0.25) is 4.72 Å². The Morgan fingerprint density at radius 1 is 0.852 bits per heavy atom. The molecule has 1 aliphatic carbocycles. The van der Waals surface area contributed by atoms with Crippen LogP contribution in [0.1, 0.15) is 43.2 Å². The molecule has 5 heteroatoms. The monoisotopic (exact) mass is 403 g/mol. The van der Waals surface area contributed by atoms with Gasteiger partial charge in [0.2, 0.25) is 0 Å². The van der Waals surface area contributed by atoms with Crippen molar-refractivity contribution in [1.29, 1.82) is 0 Å². The van der Waals surface area contributed by atoms with Crippen molar-refractivity contribution in [1.82, 2.24) is 4.72 Å². The Labute approximate surface area is 173 Å². The second kappa shape index (κ2) is 10.9. The third-order valence-corrected chi connectivity index (χ3v) is 5.67. The largest absolute Gasteiger partial charge is 0.326 e. The van der Waals surface area contributed by atoms with E-state index in [-0.39, 0.29) is 12.4 Å². The maximum absolute atomic E-state index is 5.88. The van der Waals surface area contributed by atoms with E-state index >= 15 is 0 Å². The molecule has 0 aliphatic heterocycles. The summed E-state index contributed by atoms with van der Waals surface area (Å²) in [5.41, 5.74) is 14.0. The number of thiol groups is 1. The summed E-state index contributed by atoms with van der Waals surface area (Å²) < 4.78 is 3.00. The lowest BCUT2D eigenvalue weighted by Gasteiger charge is -2.19. The van der Waals surface area contributed by atoms with Crippen LogP contribution < -0.4 is 16.2 Å². The van der Waals surface area contributed by atoms with Crippen molar-refractivity contribution in [3.8, 4) is 0 Å². The zero-order valence-electron chi connectivity index (χ0n) is 15.7. The topological polar surface area (TPSA) is 64.1 Å². The van der Waals surface area contributed by atoms with Crippen LogP contribution in [-0.4, -0.2) is 6.04 Å². The van der Waals surface area contributed by atoms with E-state index in [1.165, 1.54) is 59.2 Å². The van der Waals surface area contributed by atoms with E-state index < -0.39 is 0 Å². The summed E-state index contributed by atoms with van der Waals surface area (Å²) in [5.74, 6) is 0. The molecule has 5 N–H and O–H groups in total. The molecule has 0 heterocycles. The van der Waals surface area contributed by atoms with E-state index in [0.717, 1.165) is 5.56 Å². The molecule has 4 rings (SSSR count).